The molecule has 1 atom stereocenters. The molecular formula is C20H22ClN3O4. The lowest BCUT2D eigenvalue weighted by molar-refractivity contribution is -0.143. The Labute approximate surface area is 168 Å². The van der Waals surface area contributed by atoms with Crippen LogP contribution in [0.4, 0.5) is 0 Å². The van der Waals surface area contributed by atoms with Gasteiger partial charge in [-0.2, -0.15) is 0 Å². The Hall–Kier alpha value is -2.90. The minimum Gasteiger partial charge on any atom is -0.467 e. The molecule has 28 heavy (non-hydrogen) atoms. The summed E-state index contributed by atoms with van der Waals surface area (Å²) in [5.74, 6) is -1.40. The molecule has 0 unspecified atom stereocenters. The Morgan fingerprint density at radius 2 is 1.82 bits per heavy atom. The van der Waals surface area contributed by atoms with Gasteiger partial charge in [0, 0.05) is 18.7 Å². The van der Waals surface area contributed by atoms with Gasteiger partial charge in [-0.3, -0.25) is 9.59 Å². The molecular weight excluding hydrogens is 382 g/mol. The molecule has 148 valence electrons. The van der Waals surface area contributed by atoms with E-state index in [0.717, 1.165) is 5.56 Å². The van der Waals surface area contributed by atoms with E-state index >= 15 is 0 Å². The first-order valence-electron chi connectivity index (χ1n) is 8.66. The number of hydrogen-bond acceptors (Lipinski definition) is 5. The zero-order chi connectivity index (χ0) is 20.5. The first-order valence-corrected chi connectivity index (χ1v) is 9.04. The first kappa shape index (κ1) is 21.4. The van der Waals surface area contributed by atoms with Gasteiger partial charge in [0.2, 0.25) is 0 Å². The van der Waals surface area contributed by atoms with Gasteiger partial charge in [0.15, 0.2) is 0 Å². The average Bonchev–Trinajstić information content (AvgIpc) is 2.72. The Morgan fingerprint density at radius 1 is 1.11 bits per heavy atom. The van der Waals surface area contributed by atoms with E-state index in [2.05, 4.69) is 10.6 Å². The minimum absolute atomic E-state index is 0.162. The second-order valence-electron chi connectivity index (χ2n) is 5.98. The number of ether oxygens (including phenoxy) is 1. The van der Waals surface area contributed by atoms with Crippen molar-refractivity contribution in [2.24, 2.45) is 5.73 Å². The molecule has 0 fully saturated rings. The molecule has 2 rings (SSSR count). The normalized spacial score (nSPS) is 11.4. The van der Waals surface area contributed by atoms with E-state index < -0.39 is 17.9 Å². The highest BCUT2D eigenvalue weighted by atomic mass is 35.5. The molecule has 0 spiro atoms. The van der Waals surface area contributed by atoms with Crippen molar-refractivity contribution in [1.82, 2.24) is 10.6 Å². The molecule has 0 bridgehead atoms. The molecule has 0 aliphatic carbocycles. The molecule has 2 aromatic rings. The Bertz CT molecular complexity index is 843. The molecule has 0 aliphatic rings. The lowest BCUT2D eigenvalue weighted by Gasteiger charge is -2.17. The van der Waals surface area contributed by atoms with Gasteiger partial charge in [-0.15, -0.1) is 0 Å². The summed E-state index contributed by atoms with van der Waals surface area (Å²) in [6.45, 7) is 0.473. The van der Waals surface area contributed by atoms with E-state index in [9.17, 15) is 14.4 Å². The highest BCUT2D eigenvalue weighted by Gasteiger charge is 2.23. The highest BCUT2D eigenvalue weighted by molar-refractivity contribution is 6.34. The first-order chi connectivity index (χ1) is 13.5. The Kier molecular flexibility index (Phi) is 7.98. The minimum atomic E-state index is -0.932. The van der Waals surface area contributed by atoms with Crippen LogP contribution in [-0.2, 0) is 16.1 Å². The molecule has 2 amide bonds. The van der Waals surface area contributed by atoms with Gasteiger partial charge in [0.25, 0.3) is 11.8 Å². The van der Waals surface area contributed by atoms with Crippen LogP contribution >= 0.6 is 11.6 Å². The van der Waals surface area contributed by atoms with Gasteiger partial charge >= 0.3 is 5.97 Å². The van der Waals surface area contributed by atoms with Crippen molar-refractivity contribution in [1.29, 1.82) is 0 Å². The number of rotatable bonds is 8. The van der Waals surface area contributed by atoms with Crippen LogP contribution in [0.25, 0.3) is 0 Å². The number of amides is 2. The summed E-state index contributed by atoms with van der Waals surface area (Å²) < 4.78 is 4.74. The summed E-state index contributed by atoms with van der Waals surface area (Å²) in [5, 5.41) is 5.54. The predicted molar refractivity (Wildman–Crippen MR) is 106 cm³/mol. The maximum Gasteiger partial charge on any atom is 0.328 e. The summed E-state index contributed by atoms with van der Waals surface area (Å²) in [6, 6.07) is 12.6. The van der Waals surface area contributed by atoms with Crippen molar-refractivity contribution < 1.29 is 19.1 Å². The number of nitrogens with two attached hydrogens (primary N) is 1. The summed E-state index contributed by atoms with van der Waals surface area (Å²) in [6.07, 6.45) is 0.162. The summed E-state index contributed by atoms with van der Waals surface area (Å²) in [4.78, 5) is 36.6. The number of hydrogen-bond donors (Lipinski definition) is 3. The molecule has 4 N–H and O–H groups in total. The zero-order valence-corrected chi connectivity index (χ0v) is 16.2. The maximum atomic E-state index is 12.5. The molecule has 0 aliphatic heterocycles. The Balaban J connectivity index is 1.98. The monoisotopic (exact) mass is 403 g/mol. The molecule has 0 heterocycles. The third-order valence-electron chi connectivity index (χ3n) is 4.06. The fraction of sp³-hybridized carbons (Fsp3) is 0.250. The van der Waals surface area contributed by atoms with Crippen molar-refractivity contribution in [3.63, 3.8) is 0 Å². The number of carbonyl (C=O) groups excluding carboxylic acids is 3. The average molecular weight is 404 g/mol. The van der Waals surface area contributed by atoms with E-state index in [1.165, 1.54) is 7.11 Å². The van der Waals surface area contributed by atoms with Crippen LogP contribution in [0.15, 0.2) is 48.5 Å². The van der Waals surface area contributed by atoms with Crippen LogP contribution in [0.1, 0.15) is 32.7 Å². The number of benzene rings is 2. The fourth-order valence-electron chi connectivity index (χ4n) is 2.52. The standard InChI is InChI=1S/C20H22ClN3O4/c1-28-20(27)17(9-10-23-18(25)14-5-3-2-4-6-14)24-19(26)15-8-7-13(12-22)11-16(15)21/h2-8,11,17H,9-10,12,22H2,1H3,(H,23,25)(H,24,26)/t17-/m0/s1. The maximum absolute atomic E-state index is 12.5. The van der Waals surface area contributed by atoms with Crippen LogP contribution in [0.2, 0.25) is 5.02 Å². The largest absolute Gasteiger partial charge is 0.467 e. The van der Waals surface area contributed by atoms with Crippen molar-refractivity contribution in [2.45, 2.75) is 19.0 Å². The second-order valence-corrected chi connectivity index (χ2v) is 6.39. The number of nitrogens with one attached hydrogen (secondary N) is 2. The smallest absolute Gasteiger partial charge is 0.328 e. The Morgan fingerprint density at radius 3 is 2.43 bits per heavy atom. The fourth-order valence-corrected chi connectivity index (χ4v) is 2.81. The van der Waals surface area contributed by atoms with E-state index in [-0.39, 0.29) is 29.5 Å². The second kappa shape index (κ2) is 10.4. The molecule has 0 saturated heterocycles. The van der Waals surface area contributed by atoms with Gasteiger partial charge in [-0.05, 0) is 36.2 Å². The molecule has 7 nitrogen and oxygen atoms in total. The van der Waals surface area contributed by atoms with Crippen LogP contribution in [0.3, 0.4) is 0 Å². The number of carbonyl (C=O) groups is 3. The van der Waals surface area contributed by atoms with Crippen LogP contribution in [0.5, 0.6) is 0 Å². The molecule has 0 aromatic heterocycles. The lowest BCUT2D eigenvalue weighted by atomic mass is 10.1. The summed E-state index contributed by atoms with van der Waals surface area (Å²) in [5.41, 5.74) is 7.07. The molecule has 0 radical (unpaired) electrons. The van der Waals surface area contributed by atoms with Gasteiger partial charge < -0.3 is 21.1 Å². The summed E-state index contributed by atoms with van der Waals surface area (Å²) in [7, 11) is 1.23. The molecule has 8 heteroatoms. The molecule has 2 aromatic carbocycles. The zero-order valence-electron chi connectivity index (χ0n) is 15.4. The predicted octanol–water partition coefficient (Wildman–Crippen LogP) is 1.89. The van der Waals surface area contributed by atoms with Crippen molar-refractivity contribution in [2.75, 3.05) is 13.7 Å². The van der Waals surface area contributed by atoms with Gasteiger partial charge in [0.1, 0.15) is 6.04 Å². The van der Waals surface area contributed by atoms with Crippen LogP contribution < -0.4 is 16.4 Å². The van der Waals surface area contributed by atoms with E-state index in [1.807, 2.05) is 6.07 Å². The van der Waals surface area contributed by atoms with Crippen molar-refractivity contribution >= 4 is 29.4 Å². The van der Waals surface area contributed by atoms with Gasteiger partial charge in [-0.1, -0.05) is 35.9 Å². The summed E-state index contributed by atoms with van der Waals surface area (Å²) >= 11 is 6.12. The van der Waals surface area contributed by atoms with E-state index in [1.54, 1.807) is 42.5 Å². The third-order valence-corrected chi connectivity index (χ3v) is 4.37. The van der Waals surface area contributed by atoms with E-state index in [0.29, 0.717) is 12.1 Å². The molecule has 0 saturated carbocycles. The third kappa shape index (κ3) is 5.80. The number of methoxy groups -OCH3 is 1. The van der Waals surface area contributed by atoms with E-state index in [4.69, 9.17) is 22.1 Å². The quantitative estimate of drug-likeness (QED) is 0.583. The van der Waals surface area contributed by atoms with Crippen LogP contribution in [0, 0.1) is 0 Å². The van der Waals surface area contributed by atoms with Crippen LogP contribution in [-0.4, -0.2) is 37.5 Å². The van der Waals surface area contributed by atoms with Gasteiger partial charge in [-0.25, -0.2) is 4.79 Å². The SMILES string of the molecule is COC(=O)[C@H](CCNC(=O)c1ccccc1)NC(=O)c1ccc(CN)cc1Cl. The van der Waals surface area contributed by atoms with Crippen molar-refractivity contribution in [3.05, 3.63) is 70.2 Å². The number of halogens is 1. The highest BCUT2D eigenvalue weighted by Crippen LogP contribution is 2.18. The van der Waals surface area contributed by atoms with Gasteiger partial charge in [0.05, 0.1) is 17.7 Å². The number of esters is 1. The lowest BCUT2D eigenvalue weighted by Crippen LogP contribution is -2.43. The topological polar surface area (TPSA) is 111 Å². The van der Waals surface area contributed by atoms with Crippen molar-refractivity contribution in [3.8, 4) is 0 Å².